The highest BCUT2D eigenvalue weighted by atomic mass is 32.1. The number of anilines is 1. The van der Waals surface area contributed by atoms with E-state index in [-0.39, 0.29) is 0 Å². The molecular weight excluding hydrogens is 196 g/mol. The third kappa shape index (κ3) is 2.96. The number of nitrogens with zero attached hydrogens (tertiary/aromatic N) is 2. The molecule has 0 spiro atoms. The van der Waals surface area contributed by atoms with E-state index in [1.807, 2.05) is 20.0 Å². The summed E-state index contributed by atoms with van der Waals surface area (Å²) in [6.07, 6.45) is 1.93. The lowest BCUT2D eigenvalue weighted by molar-refractivity contribution is 0.122. The lowest BCUT2D eigenvalue weighted by Gasteiger charge is -2.25. The predicted octanol–water partition coefficient (Wildman–Crippen LogP) is 2.31. The smallest absolute Gasteiger partial charge is 0.185 e. The van der Waals surface area contributed by atoms with Crippen LogP contribution >= 0.6 is 11.3 Å². The zero-order valence-electron chi connectivity index (χ0n) is 9.12. The number of thiazole rings is 1. The van der Waals surface area contributed by atoms with E-state index < -0.39 is 0 Å². The van der Waals surface area contributed by atoms with Crippen LogP contribution in [-0.2, 0) is 4.74 Å². The first-order valence-corrected chi connectivity index (χ1v) is 5.93. The van der Waals surface area contributed by atoms with Crippen molar-refractivity contribution >= 4 is 16.5 Å². The summed E-state index contributed by atoms with van der Waals surface area (Å²) in [4.78, 5) is 7.88. The molecule has 1 aromatic heterocycles. The second-order valence-electron chi connectivity index (χ2n) is 2.85. The quantitative estimate of drug-likeness (QED) is 0.717. The van der Waals surface area contributed by atoms with E-state index >= 15 is 0 Å². The normalized spacial score (nSPS) is 16.1. The second-order valence-corrected chi connectivity index (χ2v) is 4.07. The van der Waals surface area contributed by atoms with Gasteiger partial charge in [0.1, 0.15) is 0 Å². The summed E-state index contributed by atoms with van der Waals surface area (Å²) in [6.45, 7) is 9.71. The zero-order chi connectivity index (χ0) is 10.4. The van der Waals surface area contributed by atoms with Crippen LogP contribution in [0.1, 0.15) is 18.7 Å². The molecule has 0 bridgehead atoms. The van der Waals surface area contributed by atoms with Gasteiger partial charge in [-0.05, 0) is 6.92 Å². The molecule has 0 aromatic carbocycles. The van der Waals surface area contributed by atoms with E-state index in [9.17, 15) is 0 Å². The van der Waals surface area contributed by atoms with Crippen molar-refractivity contribution in [1.82, 2.24) is 4.98 Å². The van der Waals surface area contributed by atoms with Crippen LogP contribution in [0.5, 0.6) is 0 Å². The Morgan fingerprint density at radius 3 is 2.50 bits per heavy atom. The number of ether oxygens (including phenoxy) is 1. The fraction of sp³-hybridized carbons (Fsp3) is 0.700. The van der Waals surface area contributed by atoms with Crippen LogP contribution < -0.4 is 4.90 Å². The Hall–Kier alpha value is -0.610. The van der Waals surface area contributed by atoms with Crippen molar-refractivity contribution in [1.29, 1.82) is 0 Å². The summed E-state index contributed by atoms with van der Waals surface area (Å²) < 4.78 is 5.26. The number of aromatic nitrogens is 1. The molecule has 4 heteroatoms. The minimum absolute atomic E-state index is 0.832. The Kier molecular flexibility index (Phi) is 4.90. The number of hydrogen-bond acceptors (Lipinski definition) is 4. The van der Waals surface area contributed by atoms with Crippen molar-refractivity contribution in [2.45, 2.75) is 20.8 Å². The Bertz CT molecular complexity index is 256. The van der Waals surface area contributed by atoms with E-state index in [0.717, 1.165) is 31.4 Å². The summed E-state index contributed by atoms with van der Waals surface area (Å²) in [5.74, 6) is 0. The fourth-order valence-electron chi connectivity index (χ4n) is 1.24. The number of aryl methyl sites for hydroxylation is 1. The largest absolute Gasteiger partial charge is 0.378 e. The van der Waals surface area contributed by atoms with Gasteiger partial charge in [-0.1, -0.05) is 13.8 Å². The Balaban J connectivity index is 0.000000461. The highest BCUT2D eigenvalue weighted by molar-refractivity contribution is 7.15. The lowest BCUT2D eigenvalue weighted by atomic mass is 10.5. The van der Waals surface area contributed by atoms with Crippen LogP contribution in [0.2, 0.25) is 0 Å². The average Bonchev–Trinajstić information content (AvgIpc) is 2.69. The van der Waals surface area contributed by atoms with E-state index in [0.29, 0.717) is 0 Å². The molecule has 0 aliphatic carbocycles. The van der Waals surface area contributed by atoms with Crippen LogP contribution in [0.4, 0.5) is 5.13 Å². The van der Waals surface area contributed by atoms with Crippen LogP contribution in [0.15, 0.2) is 6.20 Å². The molecule has 0 radical (unpaired) electrons. The molecule has 0 N–H and O–H groups in total. The molecule has 0 amide bonds. The molecule has 1 fully saturated rings. The van der Waals surface area contributed by atoms with Gasteiger partial charge in [-0.2, -0.15) is 0 Å². The summed E-state index contributed by atoms with van der Waals surface area (Å²) in [5, 5.41) is 1.14. The minimum atomic E-state index is 0.832. The van der Waals surface area contributed by atoms with E-state index in [1.165, 1.54) is 4.88 Å². The maximum Gasteiger partial charge on any atom is 0.185 e. The van der Waals surface area contributed by atoms with Crippen LogP contribution in [0.3, 0.4) is 0 Å². The van der Waals surface area contributed by atoms with Gasteiger partial charge in [0.25, 0.3) is 0 Å². The minimum Gasteiger partial charge on any atom is -0.378 e. The highest BCUT2D eigenvalue weighted by Gasteiger charge is 2.13. The van der Waals surface area contributed by atoms with Crippen molar-refractivity contribution in [3.63, 3.8) is 0 Å². The molecule has 1 aromatic rings. The predicted molar refractivity (Wildman–Crippen MR) is 61.2 cm³/mol. The topological polar surface area (TPSA) is 25.4 Å². The Labute approximate surface area is 89.7 Å². The molecule has 1 aliphatic rings. The Morgan fingerprint density at radius 2 is 2.00 bits per heavy atom. The summed E-state index contributed by atoms with van der Waals surface area (Å²) >= 11 is 1.75. The van der Waals surface area contributed by atoms with Crippen molar-refractivity contribution in [2.75, 3.05) is 31.2 Å². The SMILES string of the molecule is CC.Cc1cnc(N2CCOCC2)s1. The summed E-state index contributed by atoms with van der Waals surface area (Å²) in [6, 6.07) is 0. The molecule has 3 nitrogen and oxygen atoms in total. The van der Waals surface area contributed by atoms with Gasteiger partial charge in [0.15, 0.2) is 5.13 Å². The van der Waals surface area contributed by atoms with Crippen molar-refractivity contribution < 1.29 is 4.74 Å². The number of morpholine rings is 1. The van der Waals surface area contributed by atoms with Crippen molar-refractivity contribution in [3.05, 3.63) is 11.1 Å². The molecule has 2 heterocycles. The van der Waals surface area contributed by atoms with Gasteiger partial charge < -0.3 is 9.64 Å². The van der Waals surface area contributed by atoms with Gasteiger partial charge in [-0.25, -0.2) is 4.98 Å². The maximum atomic E-state index is 5.26. The Morgan fingerprint density at radius 1 is 1.36 bits per heavy atom. The van der Waals surface area contributed by atoms with Gasteiger partial charge in [0, 0.05) is 24.2 Å². The first-order valence-electron chi connectivity index (χ1n) is 5.11. The van der Waals surface area contributed by atoms with Gasteiger partial charge in [-0.3, -0.25) is 0 Å². The highest BCUT2D eigenvalue weighted by Crippen LogP contribution is 2.21. The van der Waals surface area contributed by atoms with Crippen LogP contribution in [0.25, 0.3) is 0 Å². The third-order valence-electron chi connectivity index (χ3n) is 1.89. The summed E-state index contributed by atoms with van der Waals surface area (Å²) in [7, 11) is 0. The van der Waals surface area contributed by atoms with E-state index in [2.05, 4.69) is 16.8 Å². The van der Waals surface area contributed by atoms with E-state index in [1.54, 1.807) is 11.3 Å². The van der Waals surface area contributed by atoms with Crippen LogP contribution in [0, 0.1) is 6.92 Å². The van der Waals surface area contributed by atoms with Gasteiger partial charge in [-0.15, -0.1) is 11.3 Å². The molecule has 0 unspecified atom stereocenters. The summed E-state index contributed by atoms with van der Waals surface area (Å²) in [5.41, 5.74) is 0. The second kappa shape index (κ2) is 5.98. The maximum absolute atomic E-state index is 5.26. The van der Waals surface area contributed by atoms with Crippen molar-refractivity contribution in [2.24, 2.45) is 0 Å². The lowest BCUT2D eigenvalue weighted by Crippen LogP contribution is -2.36. The molecule has 1 aliphatic heterocycles. The van der Waals surface area contributed by atoms with Crippen molar-refractivity contribution in [3.8, 4) is 0 Å². The first-order chi connectivity index (χ1) is 6.86. The molecule has 1 saturated heterocycles. The van der Waals surface area contributed by atoms with Gasteiger partial charge >= 0.3 is 0 Å². The molecule has 0 saturated carbocycles. The fourth-order valence-corrected chi connectivity index (χ4v) is 2.05. The molecule has 14 heavy (non-hydrogen) atoms. The molecule has 0 atom stereocenters. The van der Waals surface area contributed by atoms with Gasteiger partial charge in [0.05, 0.1) is 13.2 Å². The molecule has 2 rings (SSSR count). The van der Waals surface area contributed by atoms with Gasteiger partial charge in [0.2, 0.25) is 0 Å². The molecular formula is C10H18N2OS. The first kappa shape index (κ1) is 11.5. The van der Waals surface area contributed by atoms with E-state index in [4.69, 9.17) is 4.74 Å². The third-order valence-corrected chi connectivity index (χ3v) is 2.86. The number of rotatable bonds is 1. The number of hydrogen-bond donors (Lipinski definition) is 0. The monoisotopic (exact) mass is 214 g/mol. The average molecular weight is 214 g/mol. The standard InChI is InChI=1S/C8H12N2OS.C2H6/c1-7-6-9-8(12-7)10-2-4-11-5-3-10;1-2/h6H,2-5H2,1H3;1-2H3. The van der Waals surface area contributed by atoms with Crippen LogP contribution in [-0.4, -0.2) is 31.3 Å². The zero-order valence-corrected chi connectivity index (χ0v) is 9.93. The molecule has 80 valence electrons.